The molecule has 1 saturated carbocycles. The van der Waals surface area contributed by atoms with Gasteiger partial charge in [-0.2, -0.15) is 0 Å². The zero-order chi connectivity index (χ0) is 20.3. The van der Waals surface area contributed by atoms with Gasteiger partial charge in [-0.3, -0.25) is 0 Å². The van der Waals surface area contributed by atoms with Crippen molar-refractivity contribution in [2.45, 2.75) is 32.7 Å². The summed E-state index contributed by atoms with van der Waals surface area (Å²) >= 11 is 0. The maximum absolute atomic E-state index is 13.4. The average molecular weight is 528 g/mol. The Morgan fingerprint density at radius 1 is 1.23 bits per heavy atom. The van der Waals surface area contributed by atoms with Gasteiger partial charge in [0.25, 0.3) is 0 Å². The molecule has 0 aliphatic heterocycles. The predicted molar refractivity (Wildman–Crippen MR) is 127 cm³/mol. The van der Waals surface area contributed by atoms with Crippen molar-refractivity contribution in [3.63, 3.8) is 0 Å². The number of nitrogens with one attached hydrogen (secondary N) is 2. The largest absolute Gasteiger partial charge is 0.439 e. The summed E-state index contributed by atoms with van der Waals surface area (Å²) in [6.07, 6.45) is 5.20. The van der Waals surface area contributed by atoms with Gasteiger partial charge in [-0.15, -0.1) is 24.0 Å². The number of guanidine groups is 1. The van der Waals surface area contributed by atoms with Crippen LogP contribution in [0.25, 0.3) is 0 Å². The molecule has 0 atom stereocenters. The van der Waals surface area contributed by atoms with E-state index >= 15 is 0 Å². The van der Waals surface area contributed by atoms with Crippen LogP contribution >= 0.6 is 24.0 Å². The monoisotopic (exact) mass is 528 g/mol. The lowest BCUT2D eigenvalue weighted by Gasteiger charge is -2.12. The van der Waals surface area contributed by atoms with Gasteiger partial charge in [-0.25, -0.2) is 14.4 Å². The molecule has 3 rings (SSSR count). The number of ether oxygens (including phenoxy) is 2. The van der Waals surface area contributed by atoms with Gasteiger partial charge in [-0.1, -0.05) is 12.1 Å². The summed E-state index contributed by atoms with van der Waals surface area (Å²) in [7, 11) is 0. The molecule has 1 aliphatic carbocycles. The second kappa shape index (κ2) is 13.4. The van der Waals surface area contributed by atoms with E-state index in [0.717, 1.165) is 50.2 Å². The lowest BCUT2D eigenvalue weighted by atomic mass is 10.2. The zero-order valence-electron chi connectivity index (χ0n) is 17.3. The van der Waals surface area contributed by atoms with Gasteiger partial charge in [0.1, 0.15) is 11.6 Å². The molecule has 0 saturated heterocycles. The summed E-state index contributed by atoms with van der Waals surface area (Å²) in [5, 5.41) is 6.56. The highest BCUT2D eigenvalue weighted by molar-refractivity contribution is 14.0. The van der Waals surface area contributed by atoms with Crippen LogP contribution < -0.4 is 15.4 Å². The van der Waals surface area contributed by atoms with E-state index in [1.165, 1.54) is 25.0 Å². The Morgan fingerprint density at radius 2 is 2.10 bits per heavy atom. The molecule has 0 amide bonds. The molecule has 1 aromatic heterocycles. The molecule has 30 heavy (non-hydrogen) atoms. The van der Waals surface area contributed by atoms with Crippen LogP contribution in [0, 0.1) is 11.7 Å². The molecule has 0 bridgehead atoms. The van der Waals surface area contributed by atoms with Gasteiger partial charge in [0.2, 0.25) is 5.88 Å². The number of aliphatic imine (C=N–C) groups is 1. The second-order valence-corrected chi connectivity index (χ2v) is 7.02. The summed E-state index contributed by atoms with van der Waals surface area (Å²) in [6, 6.07) is 9.75. The Hall–Kier alpha value is -1.94. The van der Waals surface area contributed by atoms with Crippen molar-refractivity contribution in [3.05, 3.63) is 54.0 Å². The zero-order valence-corrected chi connectivity index (χ0v) is 19.6. The second-order valence-electron chi connectivity index (χ2n) is 7.02. The number of pyridine rings is 1. The van der Waals surface area contributed by atoms with Crippen LogP contribution in [-0.2, 0) is 11.3 Å². The molecule has 1 aliphatic rings. The van der Waals surface area contributed by atoms with E-state index in [4.69, 9.17) is 9.47 Å². The molecule has 164 valence electrons. The maximum atomic E-state index is 13.4. The van der Waals surface area contributed by atoms with E-state index in [0.29, 0.717) is 18.2 Å². The minimum Gasteiger partial charge on any atom is -0.439 e. The number of hydrogen-bond donors (Lipinski definition) is 2. The van der Waals surface area contributed by atoms with E-state index in [9.17, 15) is 4.39 Å². The van der Waals surface area contributed by atoms with Crippen LogP contribution in [0.4, 0.5) is 4.39 Å². The third-order valence-corrected chi connectivity index (χ3v) is 4.42. The molecular formula is C22H30FIN4O2. The van der Waals surface area contributed by atoms with E-state index < -0.39 is 0 Å². The normalized spacial score (nSPS) is 13.5. The van der Waals surface area contributed by atoms with Gasteiger partial charge in [0.15, 0.2) is 5.96 Å². The van der Waals surface area contributed by atoms with Crippen molar-refractivity contribution in [2.24, 2.45) is 10.9 Å². The molecular weight excluding hydrogens is 498 g/mol. The fourth-order valence-electron chi connectivity index (χ4n) is 2.70. The van der Waals surface area contributed by atoms with Crippen molar-refractivity contribution >= 4 is 29.9 Å². The van der Waals surface area contributed by atoms with Gasteiger partial charge < -0.3 is 20.1 Å². The molecule has 0 spiro atoms. The van der Waals surface area contributed by atoms with Crippen LogP contribution in [-0.4, -0.2) is 37.2 Å². The molecule has 2 aromatic rings. The Balaban J connectivity index is 0.00000320. The fraction of sp³-hybridized carbons (Fsp3) is 0.455. The first-order valence-corrected chi connectivity index (χ1v) is 10.2. The van der Waals surface area contributed by atoms with Crippen LogP contribution in [0.5, 0.6) is 11.6 Å². The van der Waals surface area contributed by atoms with Crippen molar-refractivity contribution in [2.75, 3.05) is 26.3 Å². The van der Waals surface area contributed by atoms with E-state index in [1.54, 1.807) is 18.3 Å². The minimum absolute atomic E-state index is 0. The molecule has 0 unspecified atom stereocenters. The Bertz CT molecular complexity index is 802. The number of aromatic nitrogens is 1. The van der Waals surface area contributed by atoms with E-state index in [2.05, 4.69) is 20.6 Å². The number of benzene rings is 1. The summed E-state index contributed by atoms with van der Waals surface area (Å²) in [4.78, 5) is 8.89. The molecule has 1 aromatic carbocycles. The third kappa shape index (κ3) is 8.83. The summed E-state index contributed by atoms with van der Waals surface area (Å²) in [6.45, 7) is 5.63. The van der Waals surface area contributed by atoms with Crippen molar-refractivity contribution in [1.29, 1.82) is 0 Å². The first-order valence-electron chi connectivity index (χ1n) is 10.2. The van der Waals surface area contributed by atoms with E-state index in [-0.39, 0.29) is 29.8 Å². The fourth-order valence-corrected chi connectivity index (χ4v) is 2.70. The van der Waals surface area contributed by atoms with Crippen molar-refractivity contribution in [3.8, 4) is 11.6 Å². The van der Waals surface area contributed by atoms with Crippen molar-refractivity contribution in [1.82, 2.24) is 15.6 Å². The first-order chi connectivity index (χ1) is 14.2. The average Bonchev–Trinajstić information content (AvgIpc) is 3.54. The van der Waals surface area contributed by atoms with Gasteiger partial charge >= 0.3 is 0 Å². The lowest BCUT2D eigenvalue weighted by molar-refractivity contribution is 0.123. The van der Waals surface area contributed by atoms with Gasteiger partial charge in [-0.05, 0) is 50.3 Å². The molecule has 1 heterocycles. The molecule has 1 fully saturated rings. The number of rotatable bonds is 11. The van der Waals surface area contributed by atoms with Crippen LogP contribution in [0.15, 0.2) is 47.6 Å². The Morgan fingerprint density at radius 3 is 2.87 bits per heavy atom. The topological polar surface area (TPSA) is 67.8 Å². The highest BCUT2D eigenvalue weighted by Crippen LogP contribution is 2.28. The summed E-state index contributed by atoms with van der Waals surface area (Å²) < 4.78 is 24.8. The molecule has 0 radical (unpaired) electrons. The van der Waals surface area contributed by atoms with Crippen LogP contribution in [0.3, 0.4) is 0 Å². The highest BCUT2D eigenvalue weighted by atomic mass is 127. The lowest BCUT2D eigenvalue weighted by Crippen LogP contribution is -2.38. The molecule has 2 N–H and O–H groups in total. The smallest absolute Gasteiger partial charge is 0.224 e. The molecule has 8 heteroatoms. The number of nitrogens with zero attached hydrogens (tertiary/aromatic N) is 2. The third-order valence-electron chi connectivity index (χ3n) is 4.42. The minimum atomic E-state index is -0.349. The molecule has 6 nitrogen and oxygen atoms in total. The number of hydrogen-bond acceptors (Lipinski definition) is 4. The van der Waals surface area contributed by atoms with Crippen LogP contribution in [0.1, 0.15) is 31.7 Å². The summed E-state index contributed by atoms with van der Waals surface area (Å²) in [5.41, 5.74) is 0.821. The van der Waals surface area contributed by atoms with E-state index in [1.807, 2.05) is 19.1 Å². The van der Waals surface area contributed by atoms with Gasteiger partial charge in [0, 0.05) is 44.1 Å². The highest BCUT2D eigenvalue weighted by Gasteiger charge is 2.20. The SMILES string of the molecule is CCNC(=NCc1cccnc1Oc1cccc(F)c1)NCCCOCC1CC1.I. The maximum Gasteiger partial charge on any atom is 0.224 e. The van der Waals surface area contributed by atoms with Gasteiger partial charge in [0.05, 0.1) is 6.54 Å². The van der Waals surface area contributed by atoms with Crippen LogP contribution in [0.2, 0.25) is 0 Å². The quantitative estimate of drug-likeness (QED) is 0.195. The standard InChI is InChI=1S/C22H29FN4O2.HI/c1-2-24-22(26-12-5-13-28-16-17-9-10-17)27-15-18-6-4-11-25-21(18)29-20-8-3-7-19(23)14-20;/h3-4,6-8,11,14,17H,2,5,9-10,12-13,15-16H2,1H3,(H2,24,26,27);1H. The Kier molecular flexibility index (Phi) is 10.9. The number of halogens is 2. The predicted octanol–water partition coefficient (Wildman–Crippen LogP) is 4.50. The summed E-state index contributed by atoms with van der Waals surface area (Å²) in [5.74, 6) is 2.01. The van der Waals surface area contributed by atoms with Crippen molar-refractivity contribution < 1.29 is 13.9 Å². The first kappa shape index (κ1) is 24.3. The Labute approximate surface area is 194 Å².